The summed E-state index contributed by atoms with van der Waals surface area (Å²) in [6.07, 6.45) is 0.715. The standard InChI is InChI=1S/C32H52N6O7/c1-20(2)16-25-30(42)37-29(22(5)39)31(43)35-12-6-7-14-38(32(44)28(33)21(3)4)15-9-13-34-27(41)19-45-24-11-8-10-23(17-24)18-26(40)36-25/h8,10-11,17,20-22,25,28-29,39H,6-7,9,12-16,18-19,33H2,1-5H3,(H,34,41)(H,35,43)(H,36,40)(H,37,42)/t22-,25-,28+,29?/m1/s1. The number of amides is 5. The van der Waals surface area contributed by atoms with Crippen molar-refractivity contribution < 1.29 is 33.8 Å². The summed E-state index contributed by atoms with van der Waals surface area (Å²) in [7, 11) is 0. The number of aliphatic hydroxyl groups excluding tert-OH is 1. The number of aliphatic hydroxyl groups is 1. The molecule has 0 saturated heterocycles. The molecular weight excluding hydrogens is 580 g/mol. The fraction of sp³-hybridized carbons (Fsp3) is 0.656. The topological polar surface area (TPSA) is 192 Å². The van der Waals surface area contributed by atoms with Gasteiger partial charge in [-0.2, -0.15) is 0 Å². The van der Waals surface area contributed by atoms with E-state index < -0.39 is 42.0 Å². The van der Waals surface area contributed by atoms with Gasteiger partial charge in [0.2, 0.25) is 23.6 Å². The molecular formula is C32H52N6O7. The maximum Gasteiger partial charge on any atom is 0.257 e. The molecule has 0 saturated carbocycles. The molecule has 1 aromatic rings. The van der Waals surface area contributed by atoms with Crippen LogP contribution in [0.25, 0.3) is 0 Å². The van der Waals surface area contributed by atoms with Crippen LogP contribution in [0.4, 0.5) is 0 Å². The summed E-state index contributed by atoms with van der Waals surface area (Å²) in [5.74, 6) is -1.61. The molecule has 0 aliphatic carbocycles. The molecule has 0 radical (unpaired) electrons. The molecule has 1 aromatic carbocycles. The Kier molecular flexibility index (Phi) is 15.8. The van der Waals surface area contributed by atoms with Gasteiger partial charge in [0.1, 0.15) is 17.8 Å². The monoisotopic (exact) mass is 632 g/mol. The van der Waals surface area contributed by atoms with Crippen molar-refractivity contribution in [3.05, 3.63) is 29.8 Å². The first-order valence-corrected chi connectivity index (χ1v) is 15.9. The molecule has 4 atom stereocenters. The van der Waals surface area contributed by atoms with Crippen LogP contribution in [0.2, 0.25) is 0 Å². The largest absolute Gasteiger partial charge is 0.484 e. The van der Waals surface area contributed by atoms with Crippen molar-refractivity contribution in [1.29, 1.82) is 0 Å². The number of rotatable bonds is 5. The van der Waals surface area contributed by atoms with Crippen molar-refractivity contribution >= 4 is 29.5 Å². The number of benzene rings is 1. The van der Waals surface area contributed by atoms with Gasteiger partial charge in [-0.3, -0.25) is 24.0 Å². The van der Waals surface area contributed by atoms with E-state index in [-0.39, 0.29) is 43.2 Å². The van der Waals surface area contributed by atoms with Crippen molar-refractivity contribution in [1.82, 2.24) is 26.2 Å². The number of nitrogens with one attached hydrogen (secondary N) is 4. The van der Waals surface area contributed by atoms with Gasteiger partial charge >= 0.3 is 0 Å². The Hall–Kier alpha value is -3.71. The fourth-order valence-electron chi connectivity index (χ4n) is 4.81. The van der Waals surface area contributed by atoms with E-state index in [1.165, 1.54) is 6.92 Å². The van der Waals surface area contributed by atoms with Crippen LogP contribution in [0.5, 0.6) is 5.75 Å². The molecule has 2 rings (SSSR count). The predicted octanol–water partition coefficient (Wildman–Crippen LogP) is 0.233. The third-order valence-electron chi connectivity index (χ3n) is 7.45. The quantitative estimate of drug-likeness (QED) is 0.266. The molecule has 13 heteroatoms. The SMILES string of the molecule is CC(C)C[C@H]1NC(=O)Cc2cccc(c2)OCC(=O)NCCCN(C(=O)[C@@H](N)C(C)C)CCCCNC(=O)C([C@@H](C)O)NC1=O. The summed E-state index contributed by atoms with van der Waals surface area (Å²) < 4.78 is 5.63. The zero-order valence-corrected chi connectivity index (χ0v) is 27.3. The van der Waals surface area contributed by atoms with Gasteiger partial charge in [-0.15, -0.1) is 0 Å². The molecule has 2 bridgehead atoms. The lowest BCUT2D eigenvalue weighted by Crippen LogP contribution is -2.57. The van der Waals surface area contributed by atoms with Crippen LogP contribution in [0, 0.1) is 11.8 Å². The second kappa shape index (κ2) is 18.9. The van der Waals surface area contributed by atoms with Gasteiger partial charge in [0.15, 0.2) is 6.61 Å². The van der Waals surface area contributed by atoms with E-state index in [4.69, 9.17) is 10.5 Å². The summed E-state index contributed by atoms with van der Waals surface area (Å²) >= 11 is 0. The number of hydrogen-bond donors (Lipinski definition) is 6. The second-order valence-electron chi connectivity index (χ2n) is 12.4. The van der Waals surface area contributed by atoms with Crippen molar-refractivity contribution in [2.75, 3.05) is 32.8 Å². The van der Waals surface area contributed by atoms with Crippen LogP contribution in [0.15, 0.2) is 24.3 Å². The van der Waals surface area contributed by atoms with Gasteiger partial charge in [-0.1, -0.05) is 39.8 Å². The minimum atomic E-state index is -1.22. The predicted molar refractivity (Wildman–Crippen MR) is 170 cm³/mol. The van der Waals surface area contributed by atoms with Gasteiger partial charge in [0.05, 0.1) is 18.6 Å². The molecule has 1 heterocycles. The second-order valence-corrected chi connectivity index (χ2v) is 12.4. The summed E-state index contributed by atoms with van der Waals surface area (Å²) in [6, 6.07) is 3.96. The number of carbonyl (C=O) groups excluding carboxylic acids is 5. The number of fused-ring (bicyclic) bond motifs is 2. The Labute approximate surface area is 266 Å². The number of carbonyl (C=O) groups is 5. The number of nitrogens with two attached hydrogens (primary N) is 1. The number of hydrogen-bond acceptors (Lipinski definition) is 8. The molecule has 0 spiro atoms. The van der Waals surface area contributed by atoms with Crippen LogP contribution in [0.3, 0.4) is 0 Å². The smallest absolute Gasteiger partial charge is 0.257 e. The van der Waals surface area contributed by atoms with E-state index in [0.717, 1.165) is 0 Å². The molecule has 252 valence electrons. The summed E-state index contributed by atoms with van der Waals surface area (Å²) in [4.78, 5) is 66.3. The summed E-state index contributed by atoms with van der Waals surface area (Å²) in [5, 5.41) is 21.2. The van der Waals surface area contributed by atoms with E-state index in [1.807, 2.05) is 27.7 Å². The Bertz CT molecular complexity index is 1140. The first-order chi connectivity index (χ1) is 21.3. The van der Waals surface area contributed by atoms with Gasteiger partial charge in [0.25, 0.3) is 5.91 Å². The molecule has 1 aliphatic heterocycles. The molecule has 0 fully saturated rings. The molecule has 5 amide bonds. The normalized spacial score (nSPS) is 21.8. The lowest BCUT2D eigenvalue weighted by Gasteiger charge is -2.28. The zero-order chi connectivity index (χ0) is 33.5. The van der Waals surface area contributed by atoms with Gasteiger partial charge in [-0.05, 0) is 62.1 Å². The van der Waals surface area contributed by atoms with E-state index in [0.29, 0.717) is 56.6 Å². The van der Waals surface area contributed by atoms with Gasteiger partial charge in [-0.25, -0.2) is 0 Å². The maximum absolute atomic E-state index is 13.3. The molecule has 7 N–H and O–H groups in total. The first kappa shape index (κ1) is 37.5. The maximum atomic E-state index is 13.3. The van der Waals surface area contributed by atoms with Crippen LogP contribution in [-0.4, -0.2) is 96.6 Å². The van der Waals surface area contributed by atoms with Crippen LogP contribution in [0.1, 0.15) is 65.9 Å². The average Bonchev–Trinajstić information content (AvgIpc) is 2.97. The third kappa shape index (κ3) is 13.4. The third-order valence-corrected chi connectivity index (χ3v) is 7.45. The minimum Gasteiger partial charge on any atom is -0.484 e. The van der Waals surface area contributed by atoms with Crippen molar-refractivity contribution in [3.8, 4) is 5.75 Å². The molecule has 13 nitrogen and oxygen atoms in total. The lowest BCUT2D eigenvalue weighted by molar-refractivity contribution is -0.134. The van der Waals surface area contributed by atoms with Crippen molar-refractivity contribution in [3.63, 3.8) is 0 Å². The highest BCUT2D eigenvalue weighted by molar-refractivity contribution is 5.92. The van der Waals surface area contributed by atoms with Crippen LogP contribution >= 0.6 is 0 Å². The number of nitrogens with zero attached hydrogens (tertiary/aromatic N) is 1. The zero-order valence-electron chi connectivity index (χ0n) is 27.3. The highest BCUT2D eigenvalue weighted by Gasteiger charge is 2.30. The number of ether oxygens (including phenoxy) is 1. The Balaban J connectivity index is 2.24. The van der Waals surface area contributed by atoms with E-state index in [2.05, 4.69) is 21.3 Å². The fourth-order valence-corrected chi connectivity index (χ4v) is 4.81. The Morgan fingerprint density at radius 3 is 2.31 bits per heavy atom. The highest BCUT2D eigenvalue weighted by atomic mass is 16.5. The summed E-state index contributed by atoms with van der Waals surface area (Å²) in [6.45, 7) is 10.2. The van der Waals surface area contributed by atoms with Gasteiger partial charge < -0.3 is 41.7 Å². The Morgan fingerprint density at radius 1 is 0.956 bits per heavy atom. The van der Waals surface area contributed by atoms with Gasteiger partial charge in [0, 0.05) is 26.2 Å². The van der Waals surface area contributed by atoms with Crippen LogP contribution < -0.4 is 31.7 Å². The summed E-state index contributed by atoms with van der Waals surface area (Å²) in [5.41, 5.74) is 6.76. The molecule has 0 aromatic heterocycles. The molecule has 45 heavy (non-hydrogen) atoms. The van der Waals surface area contributed by atoms with E-state index in [1.54, 1.807) is 29.2 Å². The van der Waals surface area contributed by atoms with E-state index >= 15 is 0 Å². The van der Waals surface area contributed by atoms with Crippen LogP contribution in [-0.2, 0) is 30.4 Å². The van der Waals surface area contributed by atoms with Crippen molar-refractivity contribution in [2.24, 2.45) is 17.6 Å². The average molecular weight is 633 g/mol. The van der Waals surface area contributed by atoms with E-state index in [9.17, 15) is 29.1 Å². The lowest BCUT2D eigenvalue weighted by atomic mass is 10.0. The molecule has 1 unspecified atom stereocenters. The first-order valence-electron chi connectivity index (χ1n) is 15.9. The Morgan fingerprint density at radius 2 is 1.64 bits per heavy atom. The minimum absolute atomic E-state index is 0.0404. The highest BCUT2D eigenvalue weighted by Crippen LogP contribution is 2.15. The molecule has 1 aliphatic rings. The van der Waals surface area contributed by atoms with Crippen molar-refractivity contribution in [2.45, 2.75) is 91.0 Å².